The van der Waals surface area contributed by atoms with Crippen molar-refractivity contribution in [2.75, 3.05) is 5.32 Å². The Hall–Kier alpha value is -2.69. The standard InChI is InChI=1S/C15H15FN4O5/c1-7-10(21)11(22)14(25-7)20-6-9(16)12(19-15(20)24)18-13(23)8-2-4-17-5-3-8/h2-7,10-11,14,21-22H,1H3,(H,18,19,23,24)/t7-,10-,11-,14-/m1/s1. The number of carbonyl (C=O) groups is 1. The number of pyridine rings is 1. The second kappa shape index (κ2) is 6.67. The summed E-state index contributed by atoms with van der Waals surface area (Å²) in [5.74, 6) is -2.21. The van der Waals surface area contributed by atoms with E-state index in [9.17, 15) is 24.2 Å². The minimum atomic E-state index is -1.41. The van der Waals surface area contributed by atoms with Gasteiger partial charge in [0, 0.05) is 18.0 Å². The summed E-state index contributed by atoms with van der Waals surface area (Å²) in [4.78, 5) is 31.4. The molecule has 0 radical (unpaired) electrons. The average molecular weight is 350 g/mol. The van der Waals surface area contributed by atoms with Gasteiger partial charge in [0.15, 0.2) is 17.9 Å². The highest BCUT2D eigenvalue weighted by Crippen LogP contribution is 2.28. The average Bonchev–Trinajstić information content (AvgIpc) is 2.86. The molecular weight excluding hydrogens is 335 g/mol. The fourth-order valence-corrected chi connectivity index (χ4v) is 2.46. The van der Waals surface area contributed by atoms with Crippen LogP contribution in [0.5, 0.6) is 0 Å². The number of ether oxygens (including phenoxy) is 1. The topological polar surface area (TPSA) is 127 Å². The van der Waals surface area contributed by atoms with Gasteiger partial charge in [-0.05, 0) is 19.1 Å². The van der Waals surface area contributed by atoms with E-state index in [0.717, 1.165) is 10.8 Å². The Balaban J connectivity index is 1.86. The highest BCUT2D eigenvalue weighted by atomic mass is 19.1. The van der Waals surface area contributed by atoms with Gasteiger partial charge < -0.3 is 20.3 Å². The Bertz CT molecular complexity index is 844. The van der Waals surface area contributed by atoms with E-state index in [1.807, 2.05) is 0 Å². The van der Waals surface area contributed by atoms with Crippen LogP contribution in [-0.2, 0) is 4.74 Å². The molecule has 3 N–H and O–H groups in total. The fraction of sp³-hybridized carbons (Fsp3) is 0.333. The van der Waals surface area contributed by atoms with E-state index in [-0.39, 0.29) is 5.56 Å². The Morgan fingerprint density at radius 3 is 2.60 bits per heavy atom. The van der Waals surface area contributed by atoms with Crippen molar-refractivity contribution in [3.05, 3.63) is 52.6 Å². The van der Waals surface area contributed by atoms with Crippen LogP contribution in [0.2, 0.25) is 0 Å². The summed E-state index contributed by atoms with van der Waals surface area (Å²) in [5, 5.41) is 21.8. The molecule has 0 aromatic carbocycles. The zero-order valence-corrected chi connectivity index (χ0v) is 13.0. The number of aliphatic hydroxyl groups excluding tert-OH is 2. The molecule has 3 rings (SSSR count). The number of anilines is 1. The molecule has 0 aliphatic carbocycles. The van der Waals surface area contributed by atoms with Crippen molar-refractivity contribution in [2.45, 2.75) is 31.5 Å². The molecule has 0 unspecified atom stereocenters. The SMILES string of the molecule is C[C@H]1O[C@@H](n2cc(F)c(NC(=O)c3ccncc3)nc2=O)[C@H](O)[C@@H]1O. The Morgan fingerprint density at radius 2 is 2.00 bits per heavy atom. The van der Waals surface area contributed by atoms with Gasteiger partial charge in [0.2, 0.25) is 0 Å². The van der Waals surface area contributed by atoms with Gasteiger partial charge in [0.1, 0.15) is 12.2 Å². The lowest BCUT2D eigenvalue weighted by atomic mass is 10.1. The van der Waals surface area contributed by atoms with Crippen molar-refractivity contribution in [3.8, 4) is 0 Å². The number of aromatic nitrogens is 3. The van der Waals surface area contributed by atoms with Gasteiger partial charge in [-0.3, -0.25) is 14.3 Å². The summed E-state index contributed by atoms with van der Waals surface area (Å²) >= 11 is 0. The summed E-state index contributed by atoms with van der Waals surface area (Å²) < 4.78 is 20.2. The largest absolute Gasteiger partial charge is 0.388 e. The highest BCUT2D eigenvalue weighted by molar-refractivity contribution is 6.03. The van der Waals surface area contributed by atoms with Crippen LogP contribution in [0.3, 0.4) is 0 Å². The van der Waals surface area contributed by atoms with Crippen molar-refractivity contribution in [1.82, 2.24) is 14.5 Å². The number of nitrogens with one attached hydrogen (secondary N) is 1. The van der Waals surface area contributed by atoms with Crippen molar-refractivity contribution in [3.63, 3.8) is 0 Å². The molecule has 1 aliphatic heterocycles. The number of carbonyl (C=O) groups excluding carboxylic acids is 1. The Morgan fingerprint density at radius 1 is 1.32 bits per heavy atom. The second-order valence-electron chi connectivity index (χ2n) is 5.53. The number of halogens is 1. The molecule has 1 amide bonds. The molecule has 10 heteroatoms. The molecule has 132 valence electrons. The zero-order chi connectivity index (χ0) is 18.1. The van der Waals surface area contributed by atoms with Crippen LogP contribution in [0.1, 0.15) is 23.5 Å². The van der Waals surface area contributed by atoms with E-state index in [0.29, 0.717) is 0 Å². The smallest absolute Gasteiger partial charge is 0.351 e. The number of hydrogen-bond donors (Lipinski definition) is 3. The third kappa shape index (κ3) is 3.27. The van der Waals surface area contributed by atoms with Crippen molar-refractivity contribution >= 4 is 11.7 Å². The van der Waals surface area contributed by atoms with E-state index in [4.69, 9.17) is 4.74 Å². The minimum absolute atomic E-state index is 0.215. The van der Waals surface area contributed by atoms with Crippen LogP contribution in [0, 0.1) is 5.82 Å². The van der Waals surface area contributed by atoms with Gasteiger partial charge in [-0.25, -0.2) is 9.18 Å². The first-order chi connectivity index (χ1) is 11.9. The minimum Gasteiger partial charge on any atom is -0.388 e. The van der Waals surface area contributed by atoms with E-state index < -0.39 is 47.8 Å². The van der Waals surface area contributed by atoms with Gasteiger partial charge >= 0.3 is 5.69 Å². The van der Waals surface area contributed by atoms with Crippen molar-refractivity contribution in [2.24, 2.45) is 0 Å². The predicted octanol–water partition coefficient (Wildman–Crippen LogP) is -0.331. The van der Waals surface area contributed by atoms with Gasteiger partial charge in [0.05, 0.1) is 12.3 Å². The lowest BCUT2D eigenvalue weighted by Gasteiger charge is -2.17. The predicted molar refractivity (Wildman–Crippen MR) is 82.2 cm³/mol. The van der Waals surface area contributed by atoms with E-state index >= 15 is 0 Å². The lowest BCUT2D eigenvalue weighted by Crippen LogP contribution is -2.36. The van der Waals surface area contributed by atoms with Crippen LogP contribution >= 0.6 is 0 Å². The molecule has 9 nitrogen and oxygen atoms in total. The third-order valence-corrected chi connectivity index (χ3v) is 3.83. The van der Waals surface area contributed by atoms with Crippen molar-refractivity contribution in [1.29, 1.82) is 0 Å². The van der Waals surface area contributed by atoms with Gasteiger partial charge in [0.25, 0.3) is 5.91 Å². The van der Waals surface area contributed by atoms with E-state index in [1.54, 1.807) is 0 Å². The van der Waals surface area contributed by atoms with E-state index in [2.05, 4.69) is 15.3 Å². The number of hydrogen-bond acceptors (Lipinski definition) is 7. The molecule has 1 fully saturated rings. The number of rotatable bonds is 3. The van der Waals surface area contributed by atoms with Gasteiger partial charge in [-0.15, -0.1) is 0 Å². The van der Waals surface area contributed by atoms with Crippen LogP contribution in [0.15, 0.2) is 35.5 Å². The Labute approximate surface area is 140 Å². The number of nitrogens with zero attached hydrogens (tertiary/aromatic N) is 3. The lowest BCUT2D eigenvalue weighted by molar-refractivity contribution is -0.0355. The first kappa shape index (κ1) is 17.1. The van der Waals surface area contributed by atoms with Crippen molar-refractivity contribution < 1.29 is 24.1 Å². The monoisotopic (exact) mass is 350 g/mol. The fourth-order valence-electron chi connectivity index (χ4n) is 2.46. The second-order valence-corrected chi connectivity index (χ2v) is 5.53. The maximum Gasteiger partial charge on any atom is 0.351 e. The molecule has 3 heterocycles. The molecule has 0 bridgehead atoms. The van der Waals surface area contributed by atoms with Gasteiger partial charge in [-0.1, -0.05) is 0 Å². The quantitative estimate of drug-likeness (QED) is 0.692. The summed E-state index contributed by atoms with van der Waals surface area (Å²) in [6, 6.07) is 2.83. The molecule has 1 aliphatic rings. The first-order valence-electron chi connectivity index (χ1n) is 7.40. The molecule has 25 heavy (non-hydrogen) atoms. The highest BCUT2D eigenvalue weighted by Gasteiger charge is 2.42. The summed E-state index contributed by atoms with van der Waals surface area (Å²) in [6.07, 6.45) is -1.09. The molecule has 1 saturated heterocycles. The molecule has 4 atom stereocenters. The van der Waals surface area contributed by atoms with Crippen LogP contribution in [0.25, 0.3) is 0 Å². The third-order valence-electron chi connectivity index (χ3n) is 3.83. The van der Waals surface area contributed by atoms with Crippen LogP contribution in [-0.4, -0.2) is 49.0 Å². The van der Waals surface area contributed by atoms with Gasteiger partial charge in [-0.2, -0.15) is 4.98 Å². The molecule has 0 spiro atoms. The zero-order valence-electron chi connectivity index (χ0n) is 13.0. The summed E-state index contributed by atoms with van der Waals surface area (Å²) in [5.41, 5.74) is -0.733. The molecule has 2 aromatic rings. The number of aliphatic hydroxyl groups is 2. The number of amides is 1. The molecule has 2 aromatic heterocycles. The molecular formula is C15H15FN4O5. The maximum absolute atomic E-state index is 14.2. The normalized spacial score (nSPS) is 25.8. The first-order valence-corrected chi connectivity index (χ1v) is 7.40. The Kier molecular flexibility index (Phi) is 4.57. The summed E-state index contributed by atoms with van der Waals surface area (Å²) in [6.45, 7) is 1.51. The van der Waals surface area contributed by atoms with Crippen LogP contribution in [0.4, 0.5) is 10.2 Å². The van der Waals surface area contributed by atoms with E-state index in [1.165, 1.54) is 31.5 Å². The summed E-state index contributed by atoms with van der Waals surface area (Å²) in [7, 11) is 0. The van der Waals surface area contributed by atoms with Crippen LogP contribution < -0.4 is 11.0 Å². The molecule has 0 saturated carbocycles. The maximum atomic E-state index is 14.2.